The third-order valence-corrected chi connectivity index (χ3v) is 5.34. The van der Waals surface area contributed by atoms with E-state index in [2.05, 4.69) is 10.6 Å². The Labute approximate surface area is 208 Å². The van der Waals surface area contributed by atoms with Gasteiger partial charge >= 0.3 is 0 Å². The lowest BCUT2D eigenvalue weighted by Gasteiger charge is -2.10. The van der Waals surface area contributed by atoms with E-state index in [1.165, 1.54) is 7.11 Å². The normalized spacial score (nSPS) is 10.5. The summed E-state index contributed by atoms with van der Waals surface area (Å²) in [6.45, 7) is -0.0389. The summed E-state index contributed by atoms with van der Waals surface area (Å²) < 4.78 is 17.3. The van der Waals surface area contributed by atoms with E-state index in [-0.39, 0.29) is 18.4 Å². The molecular weight excluding hydrogens is 460 g/mol. The molecule has 3 aromatic carbocycles. The lowest BCUT2D eigenvalue weighted by molar-refractivity contribution is -0.119. The molecule has 0 unspecified atom stereocenters. The molecule has 1 aromatic heterocycles. The number of nitrogens with zero attached hydrogens (tertiary/aromatic N) is 2. The Morgan fingerprint density at radius 2 is 1.50 bits per heavy atom. The van der Waals surface area contributed by atoms with Gasteiger partial charge in [0.15, 0.2) is 11.5 Å². The van der Waals surface area contributed by atoms with E-state index in [0.29, 0.717) is 39.7 Å². The molecule has 4 rings (SSSR count). The zero-order chi connectivity index (χ0) is 25.5. The molecule has 0 atom stereocenters. The zero-order valence-corrected chi connectivity index (χ0v) is 20.1. The summed E-state index contributed by atoms with van der Waals surface area (Å²) in [5, 5.41) is 10.3. The standard InChI is InChI=1S/C27H26N4O5/c1-34-17-25(32)28-19-10-12-20(13-11-19)29-27(33)22-16-31(21-7-5-4-6-8-21)30-26(22)18-9-14-23(35-2)24(15-18)36-3/h4-16H,17H2,1-3H3,(H,28,32)(H,29,33). The SMILES string of the molecule is COCC(=O)Nc1ccc(NC(=O)c2cn(-c3ccccc3)nc2-c2ccc(OC)c(OC)c2)cc1. The van der Waals surface area contributed by atoms with Crippen molar-refractivity contribution in [2.24, 2.45) is 0 Å². The van der Waals surface area contributed by atoms with Crippen molar-refractivity contribution in [3.63, 3.8) is 0 Å². The summed E-state index contributed by atoms with van der Waals surface area (Å²) >= 11 is 0. The van der Waals surface area contributed by atoms with Crippen molar-refractivity contribution in [1.29, 1.82) is 0 Å². The number of para-hydroxylation sites is 1. The number of anilines is 2. The molecule has 2 amide bonds. The van der Waals surface area contributed by atoms with Gasteiger partial charge in [-0.3, -0.25) is 9.59 Å². The smallest absolute Gasteiger partial charge is 0.259 e. The maximum atomic E-state index is 13.4. The summed E-state index contributed by atoms with van der Waals surface area (Å²) in [5.41, 5.74) is 3.54. The van der Waals surface area contributed by atoms with Gasteiger partial charge < -0.3 is 24.8 Å². The van der Waals surface area contributed by atoms with Crippen LogP contribution in [-0.4, -0.2) is 49.5 Å². The first kappa shape index (κ1) is 24.5. The number of carbonyl (C=O) groups is 2. The van der Waals surface area contributed by atoms with Crippen LogP contribution >= 0.6 is 0 Å². The van der Waals surface area contributed by atoms with Gasteiger partial charge in [-0.1, -0.05) is 18.2 Å². The topological polar surface area (TPSA) is 104 Å². The number of rotatable bonds is 9. The molecule has 9 heteroatoms. The van der Waals surface area contributed by atoms with Gasteiger partial charge in [0.1, 0.15) is 12.3 Å². The van der Waals surface area contributed by atoms with E-state index < -0.39 is 0 Å². The Hall–Kier alpha value is -4.63. The summed E-state index contributed by atoms with van der Waals surface area (Å²) in [6.07, 6.45) is 1.69. The monoisotopic (exact) mass is 486 g/mol. The molecule has 0 aliphatic rings. The third kappa shape index (κ3) is 5.53. The Bertz CT molecular complexity index is 1350. The predicted molar refractivity (Wildman–Crippen MR) is 137 cm³/mol. The van der Waals surface area contributed by atoms with Crippen LogP contribution in [-0.2, 0) is 9.53 Å². The highest BCUT2D eigenvalue weighted by Crippen LogP contribution is 2.33. The number of aromatic nitrogens is 2. The van der Waals surface area contributed by atoms with E-state index in [9.17, 15) is 9.59 Å². The number of hydrogen-bond donors (Lipinski definition) is 2. The van der Waals surface area contributed by atoms with Crippen LogP contribution in [0.1, 0.15) is 10.4 Å². The number of methoxy groups -OCH3 is 3. The first-order valence-electron chi connectivity index (χ1n) is 11.1. The molecule has 0 aliphatic carbocycles. The van der Waals surface area contributed by atoms with Crippen molar-refractivity contribution in [2.45, 2.75) is 0 Å². The zero-order valence-electron chi connectivity index (χ0n) is 20.1. The van der Waals surface area contributed by atoms with Crippen molar-refractivity contribution < 1.29 is 23.8 Å². The number of benzene rings is 3. The number of ether oxygens (including phenoxy) is 3. The average molecular weight is 487 g/mol. The number of amides is 2. The van der Waals surface area contributed by atoms with Crippen LogP contribution < -0.4 is 20.1 Å². The Kier molecular flexibility index (Phi) is 7.62. The molecule has 0 spiro atoms. The van der Waals surface area contributed by atoms with Crippen LogP contribution in [0.2, 0.25) is 0 Å². The van der Waals surface area contributed by atoms with Gasteiger partial charge in [0.2, 0.25) is 5.91 Å². The molecule has 1 heterocycles. The second kappa shape index (κ2) is 11.2. The molecule has 0 saturated carbocycles. The van der Waals surface area contributed by atoms with Gasteiger partial charge in [0.05, 0.1) is 25.5 Å². The summed E-state index contributed by atoms with van der Waals surface area (Å²) in [7, 11) is 4.57. The predicted octanol–water partition coefficient (Wildman–Crippen LogP) is 4.39. The van der Waals surface area contributed by atoms with E-state index in [1.807, 2.05) is 36.4 Å². The maximum absolute atomic E-state index is 13.4. The molecule has 2 N–H and O–H groups in total. The van der Waals surface area contributed by atoms with Crippen molar-refractivity contribution in [1.82, 2.24) is 9.78 Å². The lowest BCUT2D eigenvalue weighted by Crippen LogP contribution is -2.17. The molecule has 184 valence electrons. The third-order valence-electron chi connectivity index (χ3n) is 5.34. The molecule has 0 radical (unpaired) electrons. The van der Waals surface area contributed by atoms with Gasteiger partial charge in [-0.25, -0.2) is 4.68 Å². The van der Waals surface area contributed by atoms with Crippen LogP contribution in [0, 0.1) is 0 Å². The van der Waals surface area contributed by atoms with E-state index in [1.54, 1.807) is 61.5 Å². The van der Waals surface area contributed by atoms with Gasteiger partial charge in [-0.2, -0.15) is 5.10 Å². The van der Waals surface area contributed by atoms with Crippen LogP contribution in [0.4, 0.5) is 11.4 Å². The van der Waals surface area contributed by atoms with Crippen LogP contribution in [0.5, 0.6) is 11.5 Å². The minimum absolute atomic E-state index is 0.0389. The first-order chi connectivity index (χ1) is 17.5. The van der Waals surface area contributed by atoms with Crippen molar-refractivity contribution in [2.75, 3.05) is 38.6 Å². The Morgan fingerprint density at radius 1 is 0.833 bits per heavy atom. The fraction of sp³-hybridized carbons (Fsp3) is 0.148. The Morgan fingerprint density at radius 3 is 2.14 bits per heavy atom. The average Bonchev–Trinajstić information content (AvgIpc) is 3.36. The Balaban J connectivity index is 1.65. The van der Waals surface area contributed by atoms with E-state index in [4.69, 9.17) is 19.3 Å². The van der Waals surface area contributed by atoms with E-state index in [0.717, 1.165) is 5.69 Å². The van der Waals surface area contributed by atoms with Gasteiger partial charge in [0, 0.05) is 30.2 Å². The fourth-order valence-electron chi connectivity index (χ4n) is 3.61. The highest BCUT2D eigenvalue weighted by atomic mass is 16.5. The first-order valence-corrected chi connectivity index (χ1v) is 11.1. The molecule has 9 nitrogen and oxygen atoms in total. The molecule has 0 bridgehead atoms. The van der Waals surface area contributed by atoms with Crippen LogP contribution in [0.3, 0.4) is 0 Å². The minimum Gasteiger partial charge on any atom is -0.493 e. The van der Waals surface area contributed by atoms with E-state index >= 15 is 0 Å². The molecule has 4 aromatic rings. The minimum atomic E-state index is -0.335. The number of carbonyl (C=O) groups excluding carboxylic acids is 2. The number of hydrogen-bond acceptors (Lipinski definition) is 6. The van der Waals surface area contributed by atoms with Gasteiger partial charge in [-0.15, -0.1) is 0 Å². The van der Waals surface area contributed by atoms with Gasteiger partial charge in [-0.05, 0) is 54.6 Å². The molecular formula is C27H26N4O5. The molecule has 0 saturated heterocycles. The fourth-order valence-corrected chi connectivity index (χ4v) is 3.61. The summed E-state index contributed by atoms with van der Waals surface area (Å²) in [4.78, 5) is 25.1. The quantitative estimate of drug-likeness (QED) is 0.364. The second-order valence-corrected chi connectivity index (χ2v) is 7.75. The van der Waals surface area contributed by atoms with Gasteiger partial charge in [0.25, 0.3) is 5.91 Å². The largest absolute Gasteiger partial charge is 0.493 e. The molecule has 0 aliphatic heterocycles. The highest BCUT2D eigenvalue weighted by Gasteiger charge is 2.20. The second-order valence-electron chi connectivity index (χ2n) is 7.75. The van der Waals surface area contributed by atoms with Crippen molar-refractivity contribution in [3.8, 4) is 28.4 Å². The summed E-state index contributed by atoms with van der Waals surface area (Å²) in [5.74, 6) is 0.509. The highest BCUT2D eigenvalue weighted by molar-refractivity contribution is 6.08. The van der Waals surface area contributed by atoms with Crippen LogP contribution in [0.25, 0.3) is 16.9 Å². The van der Waals surface area contributed by atoms with Crippen molar-refractivity contribution in [3.05, 3.63) is 84.6 Å². The maximum Gasteiger partial charge on any atom is 0.259 e. The molecule has 0 fully saturated rings. The number of nitrogens with one attached hydrogen (secondary N) is 2. The lowest BCUT2D eigenvalue weighted by atomic mass is 10.1. The van der Waals surface area contributed by atoms with Crippen molar-refractivity contribution >= 4 is 23.2 Å². The summed E-state index contributed by atoms with van der Waals surface area (Å²) in [6, 6.07) is 21.7. The van der Waals surface area contributed by atoms with Crippen LogP contribution in [0.15, 0.2) is 79.0 Å². The molecule has 36 heavy (non-hydrogen) atoms.